The van der Waals surface area contributed by atoms with Crippen molar-refractivity contribution in [3.05, 3.63) is 64.7 Å². The van der Waals surface area contributed by atoms with Crippen molar-refractivity contribution in [3.8, 4) is 5.82 Å². The van der Waals surface area contributed by atoms with Crippen LogP contribution in [0.15, 0.2) is 36.9 Å². The van der Waals surface area contributed by atoms with Crippen LogP contribution in [0.3, 0.4) is 0 Å². The van der Waals surface area contributed by atoms with Gasteiger partial charge in [-0.1, -0.05) is 24.9 Å². The number of hydrogen-bond donors (Lipinski definition) is 0. The number of aryl methyl sites for hydroxylation is 2. The Morgan fingerprint density at radius 3 is 2.85 bits per heavy atom. The molecule has 0 radical (unpaired) electrons. The van der Waals surface area contributed by atoms with Gasteiger partial charge in [0.2, 0.25) is 0 Å². The zero-order valence-corrected chi connectivity index (χ0v) is 15.3. The summed E-state index contributed by atoms with van der Waals surface area (Å²) < 4.78 is 3.51. The van der Waals surface area contributed by atoms with Gasteiger partial charge in [-0.2, -0.15) is 10.2 Å². The Labute approximate surface area is 155 Å². The summed E-state index contributed by atoms with van der Waals surface area (Å²) in [5, 5.41) is 9.32. The van der Waals surface area contributed by atoms with Crippen molar-refractivity contribution in [2.24, 2.45) is 0 Å². The van der Waals surface area contributed by atoms with Crippen LogP contribution < -0.4 is 0 Å². The van der Waals surface area contributed by atoms with E-state index in [-0.39, 0.29) is 0 Å². The van der Waals surface area contributed by atoms with Gasteiger partial charge in [0.15, 0.2) is 11.5 Å². The standard InChI is InChI=1S/C18H18ClN7/c1-3-5-14-16(21-11-25-17(14)23-12(2)24-25)10-13-7-9-22-26(13)18-15(19)6-4-8-20-18/h4,6-9,11H,3,5,10H2,1-2H3. The van der Waals surface area contributed by atoms with Gasteiger partial charge in [-0.15, -0.1) is 0 Å². The molecule has 0 aliphatic carbocycles. The second-order valence-corrected chi connectivity index (χ2v) is 6.47. The molecule has 132 valence electrons. The molecule has 8 heteroatoms. The first-order valence-corrected chi connectivity index (χ1v) is 8.88. The highest BCUT2D eigenvalue weighted by atomic mass is 35.5. The Hall–Kier alpha value is -2.80. The van der Waals surface area contributed by atoms with E-state index in [1.165, 1.54) is 0 Å². The first kappa shape index (κ1) is 16.7. The normalized spacial score (nSPS) is 11.3. The minimum Gasteiger partial charge on any atom is -0.240 e. The second-order valence-electron chi connectivity index (χ2n) is 6.07. The Balaban J connectivity index is 1.78. The summed E-state index contributed by atoms with van der Waals surface area (Å²) in [6.07, 6.45) is 7.69. The third-order valence-electron chi connectivity index (χ3n) is 4.19. The third-order valence-corrected chi connectivity index (χ3v) is 4.48. The first-order chi connectivity index (χ1) is 12.7. The summed E-state index contributed by atoms with van der Waals surface area (Å²) >= 11 is 6.29. The predicted molar refractivity (Wildman–Crippen MR) is 98.7 cm³/mol. The molecule has 0 saturated carbocycles. The molecule has 0 saturated heterocycles. The number of pyridine rings is 1. The maximum absolute atomic E-state index is 6.29. The Kier molecular flexibility index (Phi) is 4.38. The molecule has 26 heavy (non-hydrogen) atoms. The van der Waals surface area contributed by atoms with Gasteiger partial charge in [0, 0.05) is 24.4 Å². The SMILES string of the molecule is CCCc1c(Cc2ccnn2-c2ncccc2Cl)ncn2nc(C)nc12. The third kappa shape index (κ3) is 2.94. The zero-order valence-electron chi connectivity index (χ0n) is 14.6. The van der Waals surface area contributed by atoms with Gasteiger partial charge in [-0.05, 0) is 31.5 Å². The number of rotatable bonds is 5. The van der Waals surface area contributed by atoms with Gasteiger partial charge in [0.25, 0.3) is 0 Å². The summed E-state index contributed by atoms with van der Waals surface area (Å²) in [5.74, 6) is 1.36. The minimum absolute atomic E-state index is 0.558. The fourth-order valence-electron chi connectivity index (χ4n) is 3.07. The van der Waals surface area contributed by atoms with Crippen molar-refractivity contribution >= 4 is 17.2 Å². The molecule has 0 spiro atoms. The van der Waals surface area contributed by atoms with Crippen LogP contribution in [0.2, 0.25) is 5.02 Å². The highest BCUT2D eigenvalue weighted by Crippen LogP contribution is 2.22. The molecule has 7 nitrogen and oxygen atoms in total. The molecular weight excluding hydrogens is 350 g/mol. The molecule has 4 heterocycles. The molecule has 0 N–H and O–H groups in total. The largest absolute Gasteiger partial charge is 0.240 e. The van der Waals surface area contributed by atoms with E-state index in [9.17, 15) is 0 Å². The summed E-state index contributed by atoms with van der Waals surface area (Å²) in [6, 6.07) is 5.57. The molecule has 0 atom stereocenters. The molecule has 0 amide bonds. The number of halogens is 1. The van der Waals surface area contributed by atoms with E-state index in [0.29, 0.717) is 17.3 Å². The molecule has 0 aliphatic rings. The minimum atomic E-state index is 0.558. The number of aromatic nitrogens is 7. The Morgan fingerprint density at radius 1 is 1.15 bits per heavy atom. The average Bonchev–Trinajstić information content (AvgIpc) is 3.23. The number of fused-ring (bicyclic) bond motifs is 1. The topological polar surface area (TPSA) is 73.8 Å². The van der Waals surface area contributed by atoms with Crippen LogP contribution in [-0.4, -0.2) is 34.3 Å². The molecule has 4 rings (SSSR count). The molecule has 0 aromatic carbocycles. The Morgan fingerprint density at radius 2 is 2.04 bits per heavy atom. The lowest BCUT2D eigenvalue weighted by Gasteiger charge is -2.11. The highest BCUT2D eigenvalue weighted by Gasteiger charge is 2.16. The summed E-state index contributed by atoms with van der Waals surface area (Å²) in [5.41, 5.74) is 3.93. The van der Waals surface area contributed by atoms with Gasteiger partial charge in [-0.25, -0.2) is 24.1 Å². The van der Waals surface area contributed by atoms with E-state index >= 15 is 0 Å². The number of nitrogens with zero attached hydrogens (tertiary/aromatic N) is 7. The van der Waals surface area contributed by atoms with Crippen LogP contribution in [0.5, 0.6) is 0 Å². The monoisotopic (exact) mass is 367 g/mol. The summed E-state index contributed by atoms with van der Waals surface area (Å²) in [6.45, 7) is 4.04. The first-order valence-electron chi connectivity index (χ1n) is 8.51. The maximum atomic E-state index is 6.29. The molecule has 0 unspecified atom stereocenters. The van der Waals surface area contributed by atoms with Crippen LogP contribution in [0.1, 0.15) is 36.1 Å². The van der Waals surface area contributed by atoms with Crippen molar-refractivity contribution in [2.45, 2.75) is 33.1 Å². The quantitative estimate of drug-likeness (QED) is 0.541. The van der Waals surface area contributed by atoms with Crippen molar-refractivity contribution in [3.63, 3.8) is 0 Å². The van der Waals surface area contributed by atoms with Crippen molar-refractivity contribution in [2.75, 3.05) is 0 Å². The average molecular weight is 368 g/mol. The van der Waals surface area contributed by atoms with Gasteiger partial charge in [0.05, 0.1) is 16.4 Å². The van der Waals surface area contributed by atoms with E-state index in [1.54, 1.807) is 40.1 Å². The summed E-state index contributed by atoms with van der Waals surface area (Å²) in [7, 11) is 0. The van der Waals surface area contributed by atoms with E-state index in [0.717, 1.165) is 41.3 Å². The van der Waals surface area contributed by atoms with E-state index in [4.69, 9.17) is 11.6 Å². The van der Waals surface area contributed by atoms with Gasteiger partial charge in [0.1, 0.15) is 12.2 Å². The van der Waals surface area contributed by atoms with Gasteiger partial charge < -0.3 is 0 Å². The lowest BCUT2D eigenvalue weighted by atomic mass is 10.1. The van der Waals surface area contributed by atoms with Crippen molar-refractivity contribution in [1.29, 1.82) is 0 Å². The van der Waals surface area contributed by atoms with Crippen LogP contribution in [0.4, 0.5) is 0 Å². The molecular formula is C18H18ClN7. The number of hydrogen-bond acceptors (Lipinski definition) is 5. The lowest BCUT2D eigenvalue weighted by molar-refractivity contribution is 0.776. The molecule has 0 bridgehead atoms. The van der Waals surface area contributed by atoms with Crippen molar-refractivity contribution < 1.29 is 0 Å². The molecule has 0 aliphatic heterocycles. The van der Waals surface area contributed by atoms with E-state index in [1.807, 2.05) is 13.0 Å². The second kappa shape index (κ2) is 6.84. The molecule has 4 aromatic rings. The Bertz CT molecular complexity index is 1070. The molecule has 4 aromatic heterocycles. The zero-order chi connectivity index (χ0) is 18.1. The maximum Gasteiger partial charge on any atom is 0.172 e. The van der Waals surface area contributed by atoms with Crippen LogP contribution in [0, 0.1) is 6.92 Å². The predicted octanol–water partition coefficient (Wildman–Crippen LogP) is 3.21. The molecule has 0 fully saturated rings. The fourth-order valence-corrected chi connectivity index (χ4v) is 3.27. The lowest BCUT2D eigenvalue weighted by Crippen LogP contribution is -2.09. The van der Waals surface area contributed by atoms with Gasteiger partial charge in [-0.3, -0.25) is 0 Å². The smallest absolute Gasteiger partial charge is 0.172 e. The highest BCUT2D eigenvalue weighted by molar-refractivity contribution is 6.32. The van der Waals surface area contributed by atoms with E-state index < -0.39 is 0 Å². The van der Waals surface area contributed by atoms with E-state index in [2.05, 4.69) is 32.1 Å². The fraction of sp³-hybridized carbons (Fsp3) is 0.278. The van der Waals surface area contributed by atoms with Crippen molar-refractivity contribution in [1.82, 2.24) is 34.3 Å². The van der Waals surface area contributed by atoms with Crippen LogP contribution in [0.25, 0.3) is 11.5 Å². The van der Waals surface area contributed by atoms with Gasteiger partial charge >= 0.3 is 0 Å². The van der Waals surface area contributed by atoms with Crippen LogP contribution >= 0.6 is 11.6 Å². The van der Waals surface area contributed by atoms with Crippen LogP contribution in [-0.2, 0) is 12.8 Å². The summed E-state index contributed by atoms with van der Waals surface area (Å²) in [4.78, 5) is 13.6.